The Labute approximate surface area is 127 Å². The number of esters is 2. The quantitative estimate of drug-likeness (QED) is 0.476. The number of cyclic esters (lactones) is 1. The zero-order valence-electron chi connectivity index (χ0n) is 11.9. The maximum atomic E-state index is 12.0. The number of ether oxygens (including phenoxy) is 3. The minimum absolute atomic E-state index is 0.0351. The Hall–Kier alpha value is -2.56. The normalized spacial score (nSPS) is 30.7. The molecule has 0 spiro atoms. The third-order valence-corrected chi connectivity index (χ3v) is 4.30. The first-order valence-electron chi connectivity index (χ1n) is 7.17. The van der Waals surface area contributed by atoms with E-state index in [1.807, 2.05) is 24.3 Å². The summed E-state index contributed by atoms with van der Waals surface area (Å²) in [6, 6.07) is 7.96. The van der Waals surface area contributed by atoms with Crippen LogP contribution in [0.25, 0.3) is 0 Å². The standard InChI is InChI=1S/C17H14O5/c1-9-6-14(21-16(9)18)20-8-13-12-7-10-4-2-3-5-11(10)15(12)22-17(13)19/h2-6,8,12,14-15H,7H2,1H3/b13-8+/t12-,14+,15-/m1/s1. The second-order valence-electron chi connectivity index (χ2n) is 5.67. The number of benzene rings is 1. The molecule has 0 amide bonds. The summed E-state index contributed by atoms with van der Waals surface area (Å²) in [4.78, 5) is 23.3. The largest absolute Gasteiger partial charge is 0.458 e. The van der Waals surface area contributed by atoms with Crippen LogP contribution >= 0.6 is 0 Å². The Kier molecular flexibility index (Phi) is 2.82. The average Bonchev–Trinajstić information content (AvgIpc) is 3.10. The number of hydrogen-bond acceptors (Lipinski definition) is 5. The summed E-state index contributed by atoms with van der Waals surface area (Å²) >= 11 is 0. The maximum absolute atomic E-state index is 12.0. The molecule has 3 atom stereocenters. The molecule has 2 heterocycles. The van der Waals surface area contributed by atoms with E-state index in [0.717, 1.165) is 12.0 Å². The molecule has 0 radical (unpaired) electrons. The Morgan fingerprint density at radius 1 is 1.18 bits per heavy atom. The maximum Gasteiger partial charge on any atom is 0.338 e. The molecule has 1 saturated heterocycles. The van der Waals surface area contributed by atoms with E-state index in [9.17, 15) is 9.59 Å². The molecule has 5 heteroatoms. The molecule has 2 aliphatic heterocycles. The number of carbonyl (C=O) groups is 2. The third-order valence-electron chi connectivity index (χ3n) is 4.30. The van der Waals surface area contributed by atoms with Crippen LogP contribution in [-0.2, 0) is 30.2 Å². The smallest absolute Gasteiger partial charge is 0.338 e. The molecule has 0 saturated carbocycles. The van der Waals surface area contributed by atoms with E-state index in [1.54, 1.807) is 13.0 Å². The fourth-order valence-corrected chi connectivity index (χ4v) is 3.16. The van der Waals surface area contributed by atoms with Gasteiger partial charge in [-0.1, -0.05) is 24.3 Å². The molecule has 112 valence electrons. The van der Waals surface area contributed by atoms with Gasteiger partial charge in [-0.2, -0.15) is 0 Å². The lowest BCUT2D eigenvalue weighted by Gasteiger charge is -2.09. The topological polar surface area (TPSA) is 61.8 Å². The predicted octanol–water partition coefficient (Wildman–Crippen LogP) is 2.19. The molecular formula is C17H14O5. The fraction of sp³-hybridized carbons (Fsp3) is 0.294. The molecule has 0 N–H and O–H groups in total. The molecular weight excluding hydrogens is 284 g/mol. The van der Waals surface area contributed by atoms with Crippen LogP contribution in [0.1, 0.15) is 24.2 Å². The zero-order chi connectivity index (χ0) is 15.3. The third kappa shape index (κ3) is 1.93. The van der Waals surface area contributed by atoms with Gasteiger partial charge in [0.2, 0.25) is 0 Å². The van der Waals surface area contributed by atoms with Gasteiger partial charge in [-0.05, 0) is 24.5 Å². The second kappa shape index (κ2) is 4.73. The predicted molar refractivity (Wildman–Crippen MR) is 75.3 cm³/mol. The number of carbonyl (C=O) groups excluding carboxylic acids is 2. The first-order chi connectivity index (χ1) is 10.6. The van der Waals surface area contributed by atoms with Crippen molar-refractivity contribution in [2.24, 2.45) is 5.92 Å². The molecule has 0 aromatic heterocycles. The number of rotatable bonds is 2. The monoisotopic (exact) mass is 298 g/mol. The Morgan fingerprint density at radius 2 is 2.00 bits per heavy atom. The van der Waals surface area contributed by atoms with Crippen LogP contribution < -0.4 is 0 Å². The first kappa shape index (κ1) is 13.1. The van der Waals surface area contributed by atoms with E-state index >= 15 is 0 Å². The highest BCUT2D eigenvalue weighted by Gasteiger charge is 2.46. The summed E-state index contributed by atoms with van der Waals surface area (Å²) in [6.07, 6.45) is 2.71. The molecule has 5 nitrogen and oxygen atoms in total. The summed E-state index contributed by atoms with van der Waals surface area (Å²) in [5.74, 6) is -0.801. The summed E-state index contributed by atoms with van der Waals surface area (Å²) in [5.41, 5.74) is 3.25. The van der Waals surface area contributed by atoms with E-state index in [2.05, 4.69) is 0 Å². The van der Waals surface area contributed by atoms with Gasteiger partial charge >= 0.3 is 11.9 Å². The van der Waals surface area contributed by atoms with Gasteiger partial charge in [-0.3, -0.25) is 0 Å². The van der Waals surface area contributed by atoms with Crippen molar-refractivity contribution < 1.29 is 23.8 Å². The second-order valence-corrected chi connectivity index (χ2v) is 5.67. The molecule has 1 aromatic rings. The zero-order valence-corrected chi connectivity index (χ0v) is 11.9. The van der Waals surface area contributed by atoms with Crippen LogP contribution in [0.3, 0.4) is 0 Å². The van der Waals surface area contributed by atoms with Crippen molar-refractivity contribution in [3.63, 3.8) is 0 Å². The van der Waals surface area contributed by atoms with Gasteiger partial charge in [0.05, 0.1) is 11.8 Å². The Bertz CT molecular complexity index is 730. The van der Waals surface area contributed by atoms with Crippen molar-refractivity contribution in [3.8, 4) is 0 Å². The van der Waals surface area contributed by atoms with Gasteiger partial charge in [-0.25, -0.2) is 9.59 Å². The van der Waals surface area contributed by atoms with E-state index < -0.39 is 12.3 Å². The van der Waals surface area contributed by atoms with Crippen molar-refractivity contribution in [1.29, 1.82) is 0 Å². The molecule has 3 aliphatic rings. The van der Waals surface area contributed by atoms with Crippen LogP contribution in [0.15, 0.2) is 47.7 Å². The van der Waals surface area contributed by atoms with Gasteiger partial charge in [0.1, 0.15) is 6.10 Å². The van der Waals surface area contributed by atoms with E-state index in [-0.39, 0.29) is 18.0 Å². The lowest BCUT2D eigenvalue weighted by Crippen LogP contribution is -2.11. The van der Waals surface area contributed by atoms with Crippen molar-refractivity contribution in [2.45, 2.75) is 25.7 Å². The molecule has 1 aliphatic carbocycles. The van der Waals surface area contributed by atoms with Crippen molar-refractivity contribution in [3.05, 3.63) is 58.9 Å². The molecule has 4 rings (SSSR count). The molecule has 0 bridgehead atoms. The van der Waals surface area contributed by atoms with E-state index in [0.29, 0.717) is 11.1 Å². The van der Waals surface area contributed by atoms with Crippen molar-refractivity contribution >= 4 is 11.9 Å². The molecule has 1 fully saturated rings. The first-order valence-corrected chi connectivity index (χ1v) is 7.17. The van der Waals surface area contributed by atoms with Gasteiger partial charge in [-0.15, -0.1) is 0 Å². The van der Waals surface area contributed by atoms with Crippen molar-refractivity contribution in [2.75, 3.05) is 0 Å². The van der Waals surface area contributed by atoms with E-state index in [4.69, 9.17) is 14.2 Å². The minimum atomic E-state index is -0.768. The fourth-order valence-electron chi connectivity index (χ4n) is 3.16. The highest BCUT2D eigenvalue weighted by Crippen LogP contribution is 2.47. The summed E-state index contributed by atoms with van der Waals surface area (Å²) in [7, 11) is 0. The summed E-state index contributed by atoms with van der Waals surface area (Å²) in [5, 5.41) is 0. The average molecular weight is 298 g/mol. The Balaban J connectivity index is 1.55. The van der Waals surface area contributed by atoms with Gasteiger partial charge in [0.25, 0.3) is 6.29 Å². The highest BCUT2D eigenvalue weighted by atomic mass is 16.7. The molecule has 1 aromatic carbocycles. The van der Waals surface area contributed by atoms with Crippen LogP contribution in [-0.4, -0.2) is 18.2 Å². The lowest BCUT2D eigenvalue weighted by atomic mass is 9.98. The SMILES string of the molecule is CC1=C[C@@H](O/C=C2/C(=O)O[C@@H]3c4ccccc4C[C@H]23)OC1=O. The summed E-state index contributed by atoms with van der Waals surface area (Å²) < 4.78 is 15.9. The molecule has 22 heavy (non-hydrogen) atoms. The van der Waals surface area contributed by atoms with Crippen LogP contribution in [0.4, 0.5) is 0 Å². The molecule has 0 unspecified atom stereocenters. The van der Waals surface area contributed by atoms with Crippen molar-refractivity contribution in [1.82, 2.24) is 0 Å². The lowest BCUT2D eigenvalue weighted by molar-refractivity contribution is -0.152. The van der Waals surface area contributed by atoms with Crippen LogP contribution in [0.5, 0.6) is 0 Å². The number of hydrogen-bond donors (Lipinski definition) is 0. The van der Waals surface area contributed by atoms with Gasteiger partial charge in [0, 0.05) is 17.6 Å². The van der Waals surface area contributed by atoms with Crippen LogP contribution in [0, 0.1) is 5.92 Å². The highest BCUT2D eigenvalue weighted by molar-refractivity contribution is 5.92. The Morgan fingerprint density at radius 3 is 2.77 bits per heavy atom. The van der Waals surface area contributed by atoms with Crippen LogP contribution in [0.2, 0.25) is 0 Å². The van der Waals surface area contributed by atoms with Gasteiger partial charge in [0.15, 0.2) is 0 Å². The number of fused-ring (bicyclic) bond motifs is 3. The van der Waals surface area contributed by atoms with E-state index in [1.165, 1.54) is 11.8 Å². The minimum Gasteiger partial charge on any atom is -0.458 e. The van der Waals surface area contributed by atoms with Gasteiger partial charge < -0.3 is 14.2 Å². The summed E-state index contributed by atoms with van der Waals surface area (Å²) in [6.45, 7) is 1.66.